The van der Waals surface area contributed by atoms with Gasteiger partial charge in [-0.2, -0.15) is 0 Å². The summed E-state index contributed by atoms with van der Waals surface area (Å²) in [6.45, 7) is 2.57. The van der Waals surface area contributed by atoms with Crippen LogP contribution < -0.4 is 5.32 Å². The van der Waals surface area contributed by atoms with Gasteiger partial charge in [-0.3, -0.25) is 9.59 Å². The Kier molecular flexibility index (Phi) is 9.45. The minimum atomic E-state index is -0.560. The second-order valence-electron chi connectivity index (χ2n) is 7.93. The molecule has 1 aliphatic heterocycles. The van der Waals surface area contributed by atoms with Crippen LogP contribution in [-0.4, -0.2) is 66.7 Å². The fourth-order valence-electron chi connectivity index (χ4n) is 3.62. The molecule has 1 N–H and O–H groups in total. The number of carbonyl (C=O) groups excluding carboxylic acids is 3. The van der Waals surface area contributed by atoms with Crippen LogP contribution in [0.4, 0.5) is 9.18 Å². The van der Waals surface area contributed by atoms with E-state index in [1.165, 1.54) is 28.2 Å². The highest BCUT2D eigenvalue weighted by molar-refractivity contribution is 5.86. The third kappa shape index (κ3) is 7.87. The van der Waals surface area contributed by atoms with E-state index < -0.39 is 12.0 Å². The van der Waals surface area contributed by atoms with Crippen molar-refractivity contribution in [3.63, 3.8) is 0 Å². The number of furan rings is 1. The van der Waals surface area contributed by atoms with Crippen molar-refractivity contribution >= 4 is 17.9 Å². The molecule has 1 saturated heterocycles. The largest absolute Gasteiger partial charge is 0.467 e. The topological polar surface area (TPSA) is 101 Å². The predicted octanol–water partition coefficient (Wildman–Crippen LogP) is 2.70. The average Bonchev–Trinajstić information content (AvgIpc) is 3.52. The number of benzene rings is 1. The number of urea groups is 1. The Morgan fingerprint density at radius 1 is 1.15 bits per heavy atom. The second kappa shape index (κ2) is 12.7. The molecule has 1 unspecified atom stereocenters. The number of ether oxygens (including phenoxy) is 2. The molecule has 184 valence electrons. The Bertz CT molecular complexity index is 929. The Labute approximate surface area is 197 Å². The molecule has 34 heavy (non-hydrogen) atoms. The molecular weight excluding hydrogens is 445 g/mol. The monoisotopic (exact) mass is 475 g/mol. The number of rotatable bonds is 11. The molecule has 9 nitrogen and oxygen atoms in total. The standard InChI is InChI=1S/C24H30FN3O6/c1-2-32-23(30)13-26-24(31)28(16-21-6-4-12-34-21)17-22(29)27(15-20-5-3-11-33-20)14-18-7-9-19(25)10-8-18/h3,5,7-11,21H,2,4,6,12-17H2,1H3,(H,26,31). The minimum absolute atomic E-state index is 0.182. The summed E-state index contributed by atoms with van der Waals surface area (Å²) in [4.78, 5) is 40.7. The number of amides is 3. The fraction of sp³-hybridized carbons (Fsp3) is 0.458. The van der Waals surface area contributed by atoms with Gasteiger partial charge in [0.25, 0.3) is 0 Å². The Balaban J connectivity index is 1.71. The molecule has 2 aromatic rings. The van der Waals surface area contributed by atoms with Gasteiger partial charge in [0.2, 0.25) is 5.91 Å². The zero-order chi connectivity index (χ0) is 24.3. The molecule has 1 aromatic heterocycles. The van der Waals surface area contributed by atoms with Crippen LogP contribution in [0, 0.1) is 5.82 Å². The van der Waals surface area contributed by atoms with Gasteiger partial charge in [0.1, 0.15) is 24.7 Å². The van der Waals surface area contributed by atoms with Crippen LogP contribution >= 0.6 is 0 Å². The van der Waals surface area contributed by atoms with Crippen LogP contribution in [0.25, 0.3) is 0 Å². The van der Waals surface area contributed by atoms with Crippen molar-refractivity contribution in [3.8, 4) is 0 Å². The molecule has 0 spiro atoms. The van der Waals surface area contributed by atoms with Crippen molar-refractivity contribution < 1.29 is 32.7 Å². The molecule has 3 rings (SSSR count). The van der Waals surface area contributed by atoms with Gasteiger partial charge in [0.15, 0.2) is 0 Å². The van der Waals surface area contributed by atoms with Crippen molar-refractivity contribution in [2.45, 2.75) is 39.0 Å². The molecule has 1 aliphatic rings. The first-order chi connectivity index (χ1) is 16.4. The maximum absolute atomic E-state index is 13.3. The zero-order valence-corrected chi connectivity index (χ0v) is 19.2. The van der Waals surface area contributed by atoms with Crippen LogP contribution in [-0.2, 0) is 32.2 Å². The van der Waals surface area contributed by atoms with Gasteiger partial charge in [-0.05, 0) is 49.6 Å². The summed E-state index contributed by atoms with van der Waals surface area (Å²) in [6.07, 6.45) is 2.99. The van der Waals surface area contributed by atoms with E-state index in [-0.39, 0.29) is 57.2 Å². The molecule has 10 heteroatoms. The first-order valence-corrected chi connectivity index (χ1v) is 11.3. The van der Waals surface area contributed by atoms with E-state index in [4.69, 9.17) is 13.9 Å². The van der Waals surface area contributed by atoms with Gasteiger partial charge in [0.05, 0.1) is 25.5 Å². The van der Waals surface area contributed by atoms with E-state index in [2.05, 4.69) is 5.32 Å². The molecule has 1 aromatic carbocycles. The van der Waals surface area contributed by atoms with E-state index in [1.54, 1.807) is 31.2 Å². The van der Waals surface area contributed by atoms with E-state index in [0.29, 0.717) is 12.4 Å². The van der Waals surface area contributed by atoms with Crippen LogP contribution in [0.5, 0.6) is 0 Å². The lowest BCUT2D eigenvalue weighted by Crippen LogP contribution is -2.50. The SMILES string of the molecule is CCOC(=O)CNC(=O)N(CC(=O)N(Cc1ccc(F)cc1)Cc1ccco1)CC1CCCO1. The molecule has 3 amide bonds. The lowest BCUT2D eigenvalue weighted by Gasteiger charge is -2.29. The Morgan fingerprint density at radius 2 is 1.94 bits per heavy atom. The van der Waals surface area contributed by atoms with Crippen molar-refractivity contribution in [2.24, 2.45) is 0 Å². The summed E-state index contributed by atoms with van der Waals surface area (Å²) in [6, 6.07) is 8.79. The summed E-state index contributed by atoms with van der Waals surface area (Å²) in [7, 11) is 0. The number of hydrogen-bond donors (Lipinski definition) is 1. The first-order valence-electron chi connectivity index (χ1n) is 11.3. The summed E-state index contributed by atoms with van der Waals surface area (Å²) in [5, 5.41) is 2.51. The second-order valence-corrected chi connectivity index (χ2v) is 7.93. The van der Waals surface area contributed by atoms with Crippen LogP contribution in [0.3, 0.4) is 0 Å². The molecule has 2 heterocycles. The Hall–Kier alpha value is -3.40. The minimum Gasteiger partial charge on any atom is -0.467 e. The molecule has 1 atom stereocenters. The fourth-order valence-corrected chi connectivity index (χ4v) is 3.62. The highest BCUT2D eigenvalue weighted by Crippen LogP contribution is 2.16. The van der Waals surface area contributed by atoms with Gasteiger partial charge < -0.3 is 29.0 Å². The summed E-state index contributed by atoms with van der Waals surface area (Å²) in [5.41, 5.74) is 0.735. The van der Waals surface area contributed by atoms with Crippen molar-refractivity contribution in [1.29, 1.82) is 0 Å². The highest BCUT2D eigenvalue weighted by Gasteiger charge is 2.27. The van der Waals surface area contributed by atoms with Gasteiger partial charge in [-0.15, -0.1) is 0 Å². The number of halogens is 1. The molecule has 0 saturated carbocycles. The van der Waals surface area contributed by atoms with E-state index in [1.807, 2.05) is 0 Å². The van der Waals surface area contributed by atoms with Crippen LogP contribution in [0.15, 0.2) is 47.1 Å². The number of hydrogen-bond acceptors (Lipinski definition) is 6. The molecular formula is C24H30FN3O6. The Morgan fingerprint density at radius 3 is 2.59 bits per heavy atom. The molecule has 0 aliphatic carbocycles. The summed E-state index contributed by atoms with van der Waals surface area (Å²) >= 11 is 0. The third-order valence-electron chi connectivity index (χ3n) is 5.32. The van der Waals surface area contributed by atoms with Crippen molar-refractivity contribution in [2.75, 3.05) is 32.8 Å². The zero-order valence-electron chi connectivity index (χ0n) is 19.2. The molecule has 0 bridgehead atoms. The van der Waals surface area contributed by atoms with Gasteiger partial charge in [0, 0.05) is 19.7 Å². The third-order valence-corrected chi connectivity index (χ3v) is 5.32. The summed E-state index contributed by atoms with van der Waals surface area (Å²) < 4.78 is 29.2. The number of nitrogens with one attached hydrogen (secondary N) is 1. The highest BCUT2D eigenvalue weighted by atomic mass is 19.1. The maximum Gasteiger partial charge on any atom is 0.325 e. The lowest BCUT2D eigenvalue weighted by atomic mass is 10.2. The average molecular weight is 476 g/mol. The lowest BCUT2D eigenvalue weighted by molar-refractivity contribution is -0.141. The number of carbonyl (C=O) groups is 3. The van der Waals surface area contributed by atoms with Crippen molar-refractivity contribution in [1.82, 2.24) is 15.1 Å². The number of nitrogens with zero attached hydrogens (tertiary/aromatic N) is 2. The van der Waals surface area contributed by atoms with Gasteiger partial charge in [-0.1, -0.05) is 12.1 Å². The molecule has 1 fully saturated rings. The summed E-state index contributed by atoms with van der Waals surface area (Å²) in [5.74, 6) is -0.679. The first kappa shape index (κ1) is 25.2. The van der Waals surface area contributed by atoms with E-state index >= 15 is 0 Å². The van der Waals surface area contributed by atoms with Gasteiger partial charge >= 0.3 is 12.0 Å². The maximum atomic E-state index is 13.3. The normalized spacial score (nSPS) is 15.1. The number of esters is 1. The molecule has 0 radical (unpaired) electrons. The van der Waals surface area contributed by atoms with Gasteiger partial charge in [-0.25, -0.2) is 9.18 Å². The van der Waals surface area contributed by atoms with E-state index in [0.717, 1.165) is 18.4 Å². The van der Waals surface area contributed by atoms with Crippen molar-refractivity contribution in [3.05, 3.63) is 59.8 Å². The predicted molar refractivity (Wildman–Crippen MR) is 120 cm³/mol. The van der Waals surface area contributed by atoms with E-state index in [9.17, 15) is 18.8 Å². The van der Waals surface area contributed by atoms with Crippen LogP contribution in [0.2, 0.25) is 0 Å². The van der Waals surface area contributed by atoms with Crippen LogP contribution in [0.1, 0.15) is 31.1 Å². The smallest absolute Gasteiger partial charge is 0.325 e. The quantitative estimate of drug-likeness (QED) is 0.502.